The van der Waals surface area contributed by atoms with Gasteiger partial charge in [-0.25, -0.2) is 0 Å². The van der Waals surface area contributed by atoms with Gasteiger partial charge in [-0.1, -0.05) is 0 Å². The van der Waals surface area contributed by atoms with E-state index in [0.29, 0.717) is 6.07 Å². The van der Waals surface area contributed by atoms with Crippen molar-refractivity contribution in [3.8, 4) is 6.07 Å². The molecule has 1 aromatic rings. The minimum atomic E-state index is -5.22. The summed E-state index contributed by atoms with van der Waals surface area (Å²) in [6.45, 7) is 0. The maximum atomic E-state index is 12.5. The number of nitrogens with zero attached hydrogens (tertiary/aromatic N) is 1. The SMILES string of the molecule is N#Cc1ccc(NC(=O)C(F)(F)F)cc1C(F)(F)F. The molecule has 0 aromatic heterocycles. The van der Waals surface area contributed by atoms with Crippen LogP contribution in [0.25, 0.3) is 0 Å². The Balaban J connectivity index is 3.14. The molecule has 9 heteroatoms. The van der Waals surface area contributed by atoms with Gasteiger partial charge < -0.3 is 5.32 Å². The molecule has 1 rings (SSSR count). The number of hydrogen-bond acceptors (Lipinski definition) is 2. The Hall–Kier alpha value is -2.24. The molecule has 0 spiro atoms. The molecule has 0 radical (unpaired) electrons. The van der Waals surface area contributed by atoms with Gasteiger partial charge in [0.05, 0.1) is 17.2 Å². The lowest BCUT2D eigenvalue weighted by molar-refractivity contribution is -0.167. The molecule has 0 unspecified atom stereocenters. The van der Waals surface area contributed by atoms with Gasteiger partial charge in [0, 0.05) is 5.69 Å². The van der Waals surface area contributed by atoms with Crippen LogP contribution in [-0.4, -0.2) is 12.1 Å². The standard InChI is InChI=1S/C10H4F6N2O/c11-9(12,13)7-3-6(2-1-5(7)4-17)18-8(19)10(14,15)16/h1-3H,(H,18,19). The van der Waals surface area contributed by atoms with E-state index in [1.807, 2.05) is 0 Å². The van der Waals surface area contributed by atoms with Crippen LogP contribution in [0.5, 0.6) is 0 Å². The minimum absolute atomic E-state index is 0.266. The van der Waals surface area contributed by atoms with E-state index in [-0.39, 0.29) is 6.07 Å². The molecular weight excluding hydrogens is 278 g/mol. The van der Waals surface area contributed by atoms with Crippen LogP contribution in [0.4, 0.5) is 32.0 Å². The van der Waals surface area contributed by atoms with Crippen molar-refractivity contribution in [2.75, 3.05) is 5.32 Å². The maximum Gasteiger partial charge on any atom is 0.471 e. The van der Waals surface area contributed by atoms with Crippen molar-refractivity contribution in [1.82, 2.24) is 0 Å². The first-order valence-corrected chi connectivity index (χ1v) is 4.55. The van der Waals surface area contributed by atoms with Gasteiger partial charge in [-0.05, 0) is 18.2 Å². The summed E-state index contributed by atoms with van der Waals surface area (Å²) < 4.78 is 73.3. The van der Waals surface area contributed by atoms with Gasteiger partial charge >= 0.3 is 18.3 Å². The Morgan fingerprint density at radius 2 is 1.74 bits per heavy atom. The molecule has 3 nitrogen and oxygen atoms in total. The maximum absolute atomic E-state index is 12.5. The van der Waals surface area contributed by atoms with Crippen molar-refractivity contribution in [1.29, 1.82) is 5.26 Å². The van der Waals surface area contributed by atoms with Gasteiger partial charge in [-0.3, -0.25) is 4.79 Å². The Bertz CT molecular complexity index is 540. The van der Waals surface area contributed by atoms with Crippen molar-refractivity contribution in [3.63, 3.8) is 0 Å². The second kappa shape index (κ2) is 4.79. The zero-order valence-corrected chi connectivity index (χ0v) is 8.86. The van der Waals surface area contributed by atoms with Gasteiger partial charge in [0.2, 0.25) is 0 Å². The molecule has 1 N–H and O–H groups in total. The molecule has 0 aliphatic heterocycles. The second-order valence-corrected chi connectivity index (χ2v) is 3.32. The Kier molecular flexibility index (Phi) is 3.74. The number of carbonyl (C=O) groups excluding carboxylic acids is 1. The fourth-order valence-corrected chi connectivity index (χ4v) is 1.16. The summed E-state index contributed by atoms with van der Waals surface area (Å²) in [6, 6.07) is 2.97. The van der Waals surface area contributed by atoms with Crippen molar-refractivity contribution in [2.24, 2.45) is 0 Å². The van der Waals surface area contributed by atoms with Crippen LogP contribution in [0.15, 0.2) is 18.2 Å². The Morgan fingerprint density at radius 3 is 2.16 bits per heavy atom. The first-order chi connectivity index (χ1) is 8.55. The molecular formula is C10H4F6N2O. The largest absolute Gasteiger partial charge is 0.471 e. The first-order valence-electron chi connectivity index (χ1n) is 4.55. The molecule has 0 saturated carbocycles. The number of rotatable bonds is 1. The summed E-state index contributed by atoms with van der Waals surface area (Å²) in [7, 11) is 0. The van der Waals surface area contributed by atoms with Gasteiger partial charge in [0.15, 0.2) is 0 Å². The predicted octanol–water partition coefficient (Wildman–Crippen LogP) is 3.08. The van der Waals surface area contributed by atoms with E-state index >= 15 is 0 Å². The number of anilines is 1. The number of halogens is 6. The summed E-state index contributed by atoms with van der Waals surface area (Å²) in [5, 5.41) is 9.74. The van der Waals surface area contributed by atoms with Crippen LogP contribution in [0.3, 0.4) is 0 Å². The van der Waals surface area contributed by atoms with Crippen molar-refractivity contribution >= 4 is 11.6 Å². The minimum Gasteiger partial charge on any atom is -0.318 e. The average molecular weight is 282 g/mol. The molecule has 1 aromatic carbocycles. The van der Waals surface area contributed by atoms with Gasteiger partial charge in [-0.15, -0.1) is 0 Å². The lowest BCUT2D eigenvalue weighted by atomic mass is 10.1. The van der Waals surface area contributed by atoms with E-state index in [9.17, 15) is 31.1 Å². The molecule has 0 saturated heterocycles. The normalized spacial score (nSPS) is 11.8. The van der Waals surface area contributed by atoms with E-state index < -0.39 is 35.1 Å². The molecule has 1 amide bonds. The van der Waals surface area contributed by atoms with Crippen molar-refractivity contribution < 1.29 is 31.1 Å². The van der Waals surface area contributed by atoms with Crippen LogP contribution in [0.2, 0.25) is 0 Å². The third-order valence-electron chi connectivity index (χ3n) is 1.96. The molecule has 0 atom stereocenters. The highest BCUT2D eigenvalue weighted by Crippen LogP contribution is 2.33. The van der Waals surface area contributed by atoms with Crippen LogP contribution in [0, 0.1) is 11.3 Å². The molecule has 102 valence electrons. The summed E-state index contributed by atoms with van der Waals surface area (Å²) in [6.07, 6.45) is -10.1. The van der Waals surface area contributed by atoms with E-state index in [1.165, 1.54) is 11.4 Å². The average Bonchev–Trinajstić information content (AvgIpc) is 2.26. The summed E-state index contributed by atoms with van der Waals surface area (Å²) in [4.78, 5) is 10.6. The smallest absolute Gasteiger partial charge is 0.318 e. The van der Waals surface area contributed by atoms with E-state index in [0.717, 1.165) is 6.07 Å². The quantitative estimate of drug-likeness (QED) is 0.805. The number of nitriles is 1. The third kappa shape index (κ3) is 3.61. The molecule has 0 heterocycles. The van der Waals surface area contributed by atoms with E-state index in [1.54, 1.807) is 0 Å². The van der Waals surface area contributed by atoms with Gasteiger partial charge in [0.1, 0.15) is 0 Å². The van der Waals surface area contributed by atoms with Gasteiger partial charge in [0.25, 0.3) is 0 Å². The number of carbonyl (C=O) groups is 1. The Labute approximate surface area is 102 Å². The fraction of sp³-hybridized carbons (Fsp3) is 0.200. The highest BCUT2D eigenvalue weighted by atomic mass is 19.4. The lowest BCUT2D eigenvalue weighted by Gasteiger charge is -2.12. The first kappa shape index (κ1) is 14.8. The van der Waals surface area contributed by atoms with Crippen LogP contribution < -0.4 is 5.32 Å². The Morgan fingerprint density at radius 1 is 1.16 bits per heavy atom. The lowest BCUT2D eigenvalue weighted by Crippen LogP contribution is -2.30. The van der Waals surface area contributed by atoms with E-state index in [2.05, 4.69) is 0 Å². The zero-order chi connectivity index (χ0) is 14.8. The molecule has 19 heavy (non-hydrogen) atoms. The zero-order valence-electron chi connectivity index (χ0n) is 8.86. The molecule has 0 bridgehead atoms. The topological polar surface area (TPSA) is 52.9 Å². The van der Waals surface area contributed by atoms with E-state index in [4.69, 9.17) is 5.26 Å². The monoisotopic (exact) mass is 282 g/mol. The molecule has 0 aliphatic rings. The predicted molar refractivity (Wildman–Crippen MR) is 50.8 cm³/mol. The van der Waals surface area contributed by atoms with Crippen molar-refractivity contribution in [3.05, 3.63) is 29.3 Å². The highest BCUT2D eigenvalue weighted by molar-refractivity contribution is 5.95. The highest BCUT2D eigenvalue weighted by Gasteiger charge is 2.39. The van der Waals surface area contributed by atoms with Crippen LogP contribution in [0.1, 0.15) is 11.1 Å². The third-order valence-corrected chi connectivity index (χ3v) is 1.96. The number of nitrogens with one attached hydrogen (secondary N) is 1. The van der Waals surface area contributed by atoms with Crippen molar-refractivity contribution in [2.45, 2.75) is 12.4 Å². The van der Waals surface area contributed by atoms with Crippen LogP contribution >= 0.6 is 0 Å². The number of alkyl halides is 6. The van der Waals surface area contributed by atoms with Gasteiger partial charge in [-0.2, -0.15) is 31.6 Å². The summed E-state index contributed by atoms with van der Waals surface area (Å²) >= 11 is 0. The number of hydrogen-bond donors (Lipinski definition) is 1. The second-order valence-electron chi connectivity index (χ2n) is 3.32. The summed E-state index contributed by atoms with van der Waals surface area (Å²) in [5.74, 6) is -2.40. The fourth-order valence-electron chi connectivity index (χ4n) is 1.16. The molecule has 0 fully saturated rings. The van der Waals surface area contributed by atoms with Crippen LogP contribution in [-0.2, 0) is 11.0 Å². The number of amides is 1. The summed E-state index contributed by atoms with van der Waals surface area (Å²) in [5.41, 5.74) is -2.87. The number of benzene rings is 1. The molecule has 0 aliphatic carbocycles.